The fourth-order valence-electron chi connectivity index (χ4n) is 3.21. The van der Waals surface area contributed by atoms with Crippen LogP contribution in [0.5, 0.6) is 11.8 Å². The summed E-state index contributed by atoms with van der Waals surface area (Å²) >= 11 is 6.21. The number of fused-ring (bicyclic) bond motifs is 2. The van der Waals surface area contributed by atoms with E-state index in [0.29, 0.717) is 64.8 Å². The summed E-state index contributed by atoms with van der Waals surface area (Å²) in [5.74, 6) is 1.18. The van der Waals surface area contributed by atoms with Crippen LogP contribution in [0.3, 0.4) is 0 Å². The summed E-state index contributed by atoms with van der Waals surface area (Å²) in [5, 5.41) is 21.1. The zero-order chi connectivity index (χ0) is 20.0. The van der Waals surface area contributed by atoms with Crippen molar-refractivity contribution in [1.82, 2.24) is 39.7 Å². The Kier molecular flexibility index (Phi) is 4.16. The molecule has 0 saturated heterocycles. The number of methoxy groups -OCH3 is 1. The monoisotopic (exact) mass is 413 g/mol. The lowest BCUT2D eigenvalue weighted by atomic mass is 10.3. The molecule has 0 saturated carbocycles. The Balaban J connectivity index is 1.64. The van der Waals surface area contributed by atoms with E-state index in [4.69, 9.17) is 21.1 Å². The lowest BCUT2D eigenvalue weighted by molar-refractivity contribution is 0.288. The number of anilines is 2. The summed E-state index contributed by atoms with van der Waals surface area (Å²) < 4.78 is 14.7. The van der Waals surface area contributed by atoms with Crippen LogP contribution in [0.25, 0.3) is 16.7 Å². The highest BCUT2D eigenvalue weighted by molar-refractivity contribution is 6.34. The van der Waals surface area contributed by atoms with Crippen molar-refractivity contribution in [2.45, 2.75) is 19.9 Å². The zero-order valence-electron chi connectivity index (χ0n) is 15.6. The molecule has 148 valence electrons. The summed E-state index contributed by atoms with van der Waals surface area (Å²) in [7, 11) is 1.53. The van der Waals surface area contributed by atoms with Gasteiger partial charge in [0.05, 0.1) is 31.0 Å². The van der Waals surface area contributed by atoms with Gasteiger partial charge >= 0.3 is 0 Å². The van der Waals surface area contributed by atoms with Crippen LogP contribution < -0.4 is 14.8 Å². The third-order valence-corrected chi connectivity index (χ3v) is 4.89. The topological polar surface area (TPSA) is 118 Å². The molecule has 12 heteroatoms. The van der Waals surface area contributed by atoms with Gasteiger partial charge in [0.15, 0.2) is 10.8 Å². The Bertz CT molecular complexity index is 1220. The molecule has 1 N–H and O–H groups in total. The van der Waals surface area contributed by atoms with Crippen molar-refractivity contribution in [3.63, 3.8) is 0 Å². The summed E-state index contributed by atoms with van der Waals surface area (Å²) in [6.07, 6.45) is 3.94. The molecule has 0 unspecified atom stereocenters. The molecule has 0 fully saturated rings. The number of aryl methyl sites for hydroxylation is 1. The molecule has 0 amide bonds. The quantitative estimate of drug-likeness (QED) is 0.528. The normalized spacial score (nSPS) is 13.5. The van der Waals surface area contributed by atoms with Crippen LogP contribution in [0.2, 0.25) is 5.15 Å². The van der Waals surface area contributed by atoms with Crippen LogP contribution in [0.15, 0.2) is 18.5 Å². The number of nitrogens with zero attached hydrogens (tertiary/aromatic N) is 8. The molecule has 29 heavy (non-hydrogen) atoms. The van der Waals surface area contributed by atoms with Gasteiger partial charge in [0.1, 0.15) is 11.4 Å². The van der Waals surface area contributed by atoms with Crippen LogP contribution in [-0.2, 0) is 6.54 Å². The van der Waals surface area contributed by atoms with E-state index in [-0.39, 0.29) is 0 Å². The van der Waals surface area contributed by atoms with E-state index in [1.165, 1.54) is 7.11 Å². The molecular formula is C17H16ClN9O2. The van der Waals surface area contributed by atoms with Gasteiger partial charge in [0, 0.05) is 19.2 Å². The molecule has 0 aliphatic carbocycles. The van der Waals surface area contributed by atoms with E-state index in [9.17, 15) is 0 Å². The zero-order valence-corrected chi connectivity index (χ0v) is 16.4. The van der Waals surface area contributed by atoms with Crippen molar-refractivity contribution in [2.24, 2.45) is 0 Å². The number of halogens is 1. The maximum absolute atomic E-state index is 6.21. The smallest absolute Gasteiger partial charge is 0.259 e. The van der Waals surface area contributed by atoms with Crippen LogP contribution in [-0.4, -0.2) is 53.4 Å². The molecule has 0 atom stereocenters. The molecule has 0 radical (unpaired) electrons. The molecular weight excluding hydrogens is 398 g/mol. The second-order valence-corrected chi connectivity index (χ2v) is 6.73. The van der Waals surface area contributed by atoms with E-state index in [0.717, 1.165) is 5.69 Å². The summed E-state index contributed by atoms with van der Waals surface area (Å²) in [6, 6.07) is 1.77. The minimum absolute atomic E-state index is 0.355. The Morgan fingerprint density at radius 2 is 2.21 bits per heavy atom. The molecule has 5 heterocycles. The lowest BCUT2D eigenvalue weighted by Gasteiger charge is -2.08. The molecule has 0 aromatic carbocycles. The third-order valence-electron chi connectivity index (χ3n) is 4.61. The molecule has 2 bridgehead atoms. The predicted molar refractivity (Wildman–Crippen MR) is 104 cm³/mol. The number of hydrogen-bond acceptors (Lipinski definition) is 9. The Labute approximate surface area is 169 Å². The molecule has 0 spiro atoms. The van der Waals surface area contributed by atoms with Crippen LogP contribution in [0.1, 0.15) is 12.1 Å². The van der Waals surface area contributed by atoms with Gasteiger partial charge in [-0.25, -0.2) is 14.3 Å². The minimum atomic E-state index is 0.355. The fourth-order valence-corrected chi connectivity index (χ4v) is 3.43. The molecule has 5 rings (SSSR count). The van der Waals surface area contributed by atoms with Crippen molar-refractivity contribution in [3.8, 4) is 17.4 Å². The minimum Gasteiger partial charge on any atom is -0.478 e. The first kappa shape index (κ1) is 17.6. The van der Waals surface area contributed by atoms with Gasteiger partial charge in [-0.1, -0.05) is 11.6 Å². The highest BCUT2D eigenvalue weighted by atomic mass is 35.5. The Hall–Kier alpha value is -3.47. The lowest BCUT2D eigenvalue weighted by Crippen LogP contribution is -2.07. The first-order chi connectivity index (χ1) is 14.2. The molecule has 4 aromatic rings. The van der Waals surface area contributed by atoms with Gasteiger partial charge in [-0.05, 0) is 13.0 Å². The number of nitrogens with one attached hydrogen (secondary N) is 1. The van der Waals surface area contributed by atoms with E-state index < -0.39 is 0 Å². The molecule has 11 nitrogen and oxygen atoms in total. The van der Waals surface area contributed by atoms with Gasteiger partial charge in [-0.15, -0.1) is 10.2 Å². The number of rotatable bonds is 2. The largest absolute Gasteiger partial charge is 0.478 e. The highest BCUT2D eigenvalue weighted by Crippen LogP contribution is 2.34. The third kappa shape index (κ3) is 2.90. The Morgan fingerprint density at radius 3 is 3.07 bits per heavy atom. The van der Waals surface area contributed by atoms with E-state index in [2.05, 4.69) is 35.7 Å². The van der Waals surface area contributed by atoms with Gasteiger partial charge in [-0.2, -0.15) is 15.2 Å². The van der Waals surface area contributed by atoms with E-state index in [1.807, 2.05) is 6.92 Å². The SMILES string of the molecule is COc1nnccc1-n1nc2c(c1C)Nc1ncc3c(Cl)nn(c3n1)CCCO2. The first-order valence-electron chi connectivity index (χ1n) is 8.90. The van der Waals surface area contributed by atoms with E-state index in [1.54, 1.807) is 27.8 Å². The second kappa shape index (κ2) is 6.85. The van der Waals surface area contributed by atoms with Crippen molar-refractivity contribution < 1.29 is 9.47 Å². The van der Waals surface area contributed by atoms with Gasteiger partial charge in [0.2, 0.25) is 5.95 Å². The standard InChI is InChI=1S/C17H16ClN9O2/c1-9-12-16(25-27(9)11-4-5-20-23-15(11)28-2)29-7-3-6-26-14-10(13(18)24-26)8-19-17(21-12)22-14/h4-5,8H,3,6-7H2,1-2H3,(H,19,21,22). The van der Waals surface area contributed by atoms with Gasteiger partial charge < -0.3 is 14.8 Å². The maximum Gasteiger partial charge on any atom is 0.259 e. The van der Waals surface area contributed by atoms with Gasteiger partial charge in [0.25, 0.3) is 11.8 Å². The first-order valence-corrected chi connectivity index (χ1v) is 9.28. The molecule has 1 aliphatic heterocycles. The van der Waals surface area contributed by atoms with Crippen LogP contribution in [0, 0.1) is 6.92 Å². The summed E-state index contributed by atoms with van der Waals surface area (Å²) in [5.41, 5.74) is 2.75. The van der Waals surface area contributed by atoms with Crippen molar-refractivity contribution >= 4 is 34.3 Å². The molecule has 4 aromatic heterocycles. The fraction of sp³-hybridized carbons (Fsp3) is 0.294. The number of hydrogen-bond donors (Lipinski definition) is 1. The Morgan fingerprint density at radius 1 is 1.31 bits per heavy atom. The predicted octanol–water partition coefficient (Wildman–Crippen LogP) is 2.30. The van der Waals surface area contributed by atoms with Crippen LogP contribution in [0.4, 0.5) is 11.6 Å². The number of ether oxygens (including phenoxy) is 2. The van der Waals surface area contributed by atoms with Crippen molar-refractivity contribution in [3.05, 3.63) is 29.3 Å². The average Bonchev–Trinajstić information content (AvgIpc) is 3.21. The number of aromatic nitrogens is 8. The highest BCUT2D eigenvalue weighted by Gasteiger charge is 2.22. The molecule has 1 aliphatic rings. The van der Waals surface area contributed by atoms with Gasteiger partial charge in [-0.3, -0.25) is 0 Å². The summed E-state index contributed by atoms with van der Waals surface area (Å²) in [6.45, 7) is 2.96. The van der Waals surface area contributed by atoms with E-state index >= 15 is 0 Å². The van der Waals surface area contributed by atoms with Crippen molar-refractivity contribution in [1.29, 1.82) is 0 Å². The maximum atomic E-state index is 6.21. The summed E-state index contributed by atoms with van der Waals surface area (Å²) in [4.78, 5) is 8.95. The van der Waals surface area contributed by atoms with Crippen molar-refractivity contribution in [2.75, 3.05) is 19.0 Å². The van der Waals surface area contributed by atoms with Crippen LogP contribution >= 0.6 is 11.6 Å². The average molecular weight is 414 g/mol. The second-order valence-electron chi connectivity index (χ2n) is 6.37.